The molecule has 1 aromatic heterocycles. The molecule has 0 spiro atoms. The summed E-state index contributed by atoms with van der Waals surface area (Å²) in [4.78, 5) is 12.3. The first-order valence-corrected chi connectivity index (χ1v) is 10.7. The average molecular weight is 405 g/mol. The zero-order chi connectivity index (χ0) is 21.2. The molecule has 0 unspecified atom stereocenters. The molecule has 2 aromatic carbocycles. The number of nitrogens with zero attached hydrogens (tertiary/aromatic N) is 3. The monoisotopic (exact) mass is 404 g/mol. The second kappa shape index (κ2) is 11.4. The third kappa shape index (κ3) is 5.88. The first-order valence-electron chi connectivity index (χ1n) is 10.7. The van der Waals surface area contributed by atoms with Crippen molar-refractivity contribution in [2.75, 3.05) is 31.2 Å². The van der Waals surface area contributed by atoms with E-state index < -0.39 is 0 Å². The van der Waals surface area contributed by atoms with Crippen LogP contribution in [0, 0.1) is 0 Å². The smallest absolute Gasteiger partial charge is 0.148 e. The summed E-state index contributed by atoms with van der Waals surface area (Å²) in [5.41, 5.74) is 9.44. The maximum Gasteiger partial charge on any atom is 0.148 e. The van der Waals surface area contributed by atoms with Crippen molar-refractivity contribution in [2.24, 2.45) is 5.73 Å². The molecule has 0 fully saturated rings. The lowest BCUT2D eigenvalue weighted by Gasteiger charge is -2.28. The van der Waals surface area contributed by atoms with Crippen molar-refractivity contribution in [2.45, 2.75) is 32.7 Å². The Morgan fingerprint density at radius 1 is 0.867 bits per heavy atom. The molecule has 0 aliphatic heterocycles. The zero-order valence-electron chi connectivity index (χ0n) is 18.0. The number of hydrogen-bond acceptors (Lipinski definition) is 5. The third-order valence-corrected chi connectivity index (χ3v) is 4.97. The SMILES string of the molecule is CC(C)N(CCCCOCCN)c1cnc(-c2ccccc2)c(-c2ccccc2)n1. The highest BCUT2D eigenvalue weighted by Gasteiger charge is 2.17. The van der Waals surface area contributed by atoms with Gasteiger partial charge in [-0.2, -0.15) is 0 Å². The van der Waals surface area contributed by atoms with Crippen LogP contribution in [0.25, 0.3) is 22.5 Å². The predicted molar refractivity (Wildman–Crippen MR) is 124 cm³/mol. The Hall–Kier alpha value is -2.76. The summed E-state index contributed by atoms with van der Waals surface area (Å²) in [6, 6.07) is 20.9. The van der Waals surface area contributed by atoms with Crippen LogP contribution in [-0.2, 0) is 4.74 Å². The maximum atomic E-state index is 5.50. The summed E-state index contributed by atoms with van der Waals surface area (Å²) in [6.07, 6.45) is 3.94. The minimum atomic E-state index is 0.329. The quantitative estimate of drug-likeness (QED) is 0.466. The number of anilines is 1. The van der Waals surface area contributed by atoms with Crippen molar-refractivity contribution in [3.8, 4) is 22.5 Å². The molecule has 0 aliphatic rings. The summed E-state index contributed by atoms with van der Waals surface area (Å²) in [5, 5.41) is 0. The number of benzene rings is 2. The van der Waals surface area contributed by atoms with Gasteiger partial charge >= 0.3 is 0 Å². The Labute approximate surface area is 179 Å². The zero-order valence-corrected chi connectivity index (χ0v) is 18.0. The van der Waals surface area contributed by atoms with E-state index in [0.717, 1.165) is 54.3 Å². The molecule has 3 aromatic rings. The fraction of sp³-hybridized carbons (Fsp3) is 0.360. The van der Waals surface area contributed by atoms with Gasteiger partial charge in [-0.25, -0.2) is 4.98 Å². The molecular weight excluding hydrogens is 372 g/mol. The lowest BCUT2D eigenvalue weighted by atomic mass is 10.0. The lowest BCUT2D eigenvalue weighted by Crippen LogP contribution is -2.33. The molecule has 5 nitrogen and oxygen atoms in total. The van der Waals surface area contributed by atoms with Crippen LogP contribution in [-0.4, -0.2) is 42.3 Å². The highest BCUT2D eigenvalue weighted by Crippen LogP contribution is 2.30. The van der Waals surface area contributed by atoms with Crippen molar-refractivity contribution in [3.63, 3.8) is 0 Å². The van der Waals surface area contributed by atoms with Gasteiger partial charge in [0.2, 0.25) is 0 Å². The van der Waals surface area contributed by atoms with Crippen molar-refractivity contribution in [1.82, 2.24) is 9.97 Å². The Morgan fingerprint density at radius 3 is 2.10 bits per heavy atom. The van der Waals surface area contributed by atoms with Gasteiger partial charge in [-0.15, -0.1) is 0 Å². The Bertz CT molecular complexity index is 884. The summed E-state index contributed by atoms with van der Waals surface area (Å²) in [7, 11) is 0. The van der Waals surface area contributed by atoms with Gasteiger partial charge in [0.25, 0.3) is 0 Å². The second-order valence-corrected chi connectivity index (χ2v) is 7.55. The van der Waals surface area contributed by atoms with Crippen molar-refractivity contribution in [3.05, 3.63) is 66.9 Å². The number of unbranched alkanes of at least 4 members (excludes halogenated alkanes) is 1. The highest BCUT2D eigenvalue weighted by molar-refractivity contribution is 5.78. The van der Waals surface area contributed by atoms with Crippen LogP contribution in [0.5, 0.6) is 0 Å². The first-order chi connectivity index (χ1) is 14.7. The van der Waals surface area contributed by atoms with E-state index in [1.807, 2.05) is 42.6 Å². The Morgan fingerprint density at radius 2 is 1.50 bits per heavy atom. The minimum absolute atomic E-state index is 0.329. The molecule has 0 saturated carbocycles. The number of hydrogen-bond donors (Lipinski definition) is 1. The van der Waals surface area contributed by atoms with Crippen LogP contribution in [0.15, 0.2) is 66.9 Å². The number of nitrogens with two attached hydrogens (primary N) is 1. The van der Waals surface area contributed by atoms with E-state index in [1.165, 1.54) is 0 Å². The summed E-state index contributed by atoms with van der Waals surface area (Å²) in [6.45, 7) is 7.25. The van der Waals surface area contributed by atoms with E-state index in [1.54, 1.807) is 0 Å². The van der Waals surface area contributed by atoms with Crippen molar-refractivity contribution >= 4 is 5.82 Å². The molecule has 1 heterocycles. The fourth-order valence-electron chi connectivity index (χ4n) is 3.43. The molecule has 3 rings (SSSR count). The molecule has 0 atom stereocenters. The molecule has 158 valence electrons. The number of aromatic nitrogens is 2. The molecule has 5 heteroatoms. The fourth-order valence-corrected chi connectivity index (χ4v) is 3.43. The van der Waals surface area contributed by atoms with E-state index in [2.05, 4.69) is 43.0 Å². The molecule has 0 saturated heterocycles. The normalized spacial score (nSPS) is 11.1. The first kappa shape index (κ1) is 21.9. The third-order valence-electron chi connectivity index (χ3n) is 4.97. The topological polar surface area (TPSA) is 64.3 Å². The number of ether oxygens (including phenoxy) is 1. The van der Waals surface area contributed by atoms with Gasteiger partial charge in [-0.3, -0.25) is 4.98 Å². The molecule has 30 heavy (non-hydrogen) atoms. The van der Waals surface area contributed by atoms with Gasteiger partial charge in [0.15, 0.2) is 0 Å². The van der Waals surface area contributed by atoms with Crippen LogP contribution in [0.2, 0.25) is 0 Å². The number of rotatable bonds is 11. The molecular formula is C25H32N4O. The Balaban J connectivity index is 1.87. The van der Waals surface area contributed by atoms with Gasteiger partial charge in [-0.05, 0) is 26.7 Å². The average Bonchev–Trinajstić information content (AvgIpc) is 2.79. The summed E-state index contributed by atoms with van der Waals surface area (Å²) in [5.74, 6) is 0.909. The van der Waals surface area contributed by atoms with E-state index in [-0.39, 0.29) is 0 Å². The molecule has 0 radical (unpaired) electrons. The van der Waals surface area contributed by atoms with Gasteiger partial charge in [0.05, 0.1) is 24.2 Å². The van der Waals surface area contributed by atoms with Crippen molar-refractivity contribution in [1.29, 1.82) is 0 Å². The van der Waals surface area contributed by atoms with Crippen LogP contribution in [0.4, 0.5) is 5.82 Å². The molecule has 0 aliphatic carbocycles. The van der Waals surface area contributed by atoms with Gasteiger partial charge in [0, 0.05) is 36.9 Å². The van der Waals surface area contributed by atoms with Gasteiger partial charge in [0.1, 0.15) is 5.82 Å². The minimum Gasteiger partial charge on any atom is -0.380 e. The molecule has 0 amide bonds. The van der Waals surface area contributed by atoms with E-state index in [4.69, 9.17) is 20.4 Å². The summed E-state index contributed by atoms with van der Waals surface area (Å²) < 4.78 is 5.50. The Kier molecular flexibility index (Phi) is 8.36. The predicted octanol–water partition coefficient (Wildman–Crippen LogP) is 4.78. The second-order valence-electron chi connectivity index (χ2n) is 7.55. The van der Waals surface area contributed by atoms with Crippen LogP contribution >= 0.6 is 0 Å². The van der Waals surface area contributed by atoms with Crippen LogP contribution in [0.3, 0.4) is 0 Å². The van der Waals surface area contributed by atoms with E-state index in [0.29, 0.717) is 19.2 Å². The standard InChI is InChI=1S/C25H32N4O/c1-20(2)29(16-9-10-17-30-18-15-26)23-19-27-24(21-11-5-3-6-12-21)25(28-23)22-13-7-4-8-14-22/h3-8,11-14,19-20H,9-10,15-18,26H2,1-2H3. The van der Waals surface area contributed by atoms with Gasteiger partial charge < -0.3 is 15.4 Å². The molecule has 2 N–H and O–H groups in total. The van der Waals surface area contributed by atoms with E-state index >= 15 is 0 Å². The van der Waals surface area contributed by atoms with Gasteiger partial charge in [-0.1, -0.05) is 60.7 Å². The highest BCUT2D eigenvalue weighted by atomic mass is 16.5. The maximum absolute atomic E-state index is 5.50. The lowest BCUT2D eigenvalue weighted by molar-refractivity contribution is 0.138. The largest absolute Gasteiger partial charge is 0.380 e. The van der Waals surface area contributed by atoms with Crippen LogP contribution in [0.1, 0.15) is 26.7 Å². The van der Waals surface area contributed by atoms with Crippen molar-refractivity contribution < 1.29 is 4.74 Å². The summed E-state index contributed by atoms with van der Waals surface area (Å²) >= 11 is 0. The van der Waals surface area contributed by atoms with Crippen LogP contribution < -0.4 is 10.6 Å². The molecule has 0 bridgehead atoms. The van der Waals surface area contributed by atoms with E-state index in [9.17, 15) is 0 Å².